The molecule has 84 valence electrons. The Kier molecular flexibility index (Phi) is 5.15. The van der Waals surface area contributed by atoms with Gasteiger partial charge in [0.25, 0.3) is 0 Å². The first-order chi connectivity index (χ1) is 7.27. The minimum absolute atomic E-state index is 0.463. The van der Waals surface area contributed by atoms with Crippen LogP contribution in [0, 0.1) is 0 Å². The van der Waals surface area contributed by atoms with Gasteiger partial charge in [0, 0.05) is 0 Å². The average Bonchev–Trinajstić information content (AvgIpc) is 2.27. The second-order valence-corrected chi connectivity index (χ2v) is 3.51. The van der Waals surface area contributed by atoms with Crippen molar-refractivity contribution in [3.8, 4) is 5.75 Å². The van der Waals surface area contributed by atoms with Gasteiger partial charge in [-0.3, -0.25) is 0 Å². The van der Waals surface area contributed by atoms with E-state index in [1.54, 1.807) is 0 Å². The Morgan fingerprint density at radius 1 is 1.33 bits per heavy atom. The zero-order valence-electron chi connectivity index (χ0n) is 9.15. The molecular formula is C12H19NO2. The fourth-order valence-corrected chi connectivity index (χ4v) is 1.33. The third-order valence-electron chi connectivity index (χ3n) is 2.18. The van der Waals surface area contributed by atoms with E-state index in [4.69, 9.17) is 10.5 Å². The molecule has 0 bridgehead atoms. The third-order valence-corrected chi connectivity index (χ3v) is 2.18. The van der Waals surface area contributed by atoms with Crippen molar-refractivity contribution in [1.82, 2.24) is 0 Å². The molecule has 1 aromatic carbocycles. The molecule has 1 rings (SSSR count). The summed E-state index contributed by atoms with van der Waals surface area (Å²) in [6.45, 7) is 3.29. The van der Waals surface area contributed by atoms with Crippen molar-refractivity contribution in [2.75, 3.05) is 13.2 Å². The lowest BCUT2D eigenvalue weighted by Gasteiger charge is -2.10. The van der Waals surface area contributed by atoms with Gasteiger partial charge in [0.1, 0.15) is 5.75 Å². The second kappa shape index (κ2) is 6.43. The van der Waals surface area contributed by atoms with Crippen LogP contribution in [0.5, 0.6) is 5.75 Å². The van der Waals surface area contributed by atoms with Crippen molar-refractivity contribution < 1.29 is 9.84 Å². The average molecular weight is 209 g/mol. The van der Waals surface area contributed by atoms with E-state index in [2.05, 4.69) is 6.92 Å². The van der Waals surface area contributed by atoms with Gasteiger partial charge in [0.15, 0.2) is 0 Å². The zero-order chi connectivity index (χ0) is 11.1. The normalized spacial score (nSPS) is 12.5. The quantitative estimate of drug-likeness (QED) is 0.752. The minimum atomic E-state index is -0.463. The standard InChI is InChI=1S/C12H19NO2/c1-2-9-15-11-5-3-10(4-6-11)12(14)7-8-13/h3-6,12,14H,2,7-9,13H2,1H3/t12-/m1/s1. The number of aliphatic hydroxyl groups excluding tert-OH is 1. The Balaban J connectivity index is 2.55. The fraction of sp³-hybridized carbons (Fsp3) is 0.500. The third kappa shape index (κ3) is 3.90. The Bertz CT molecular complexity index is 271. The summed E-state index contributed by atoms with van der Waals surface area (Å²) in [6.07, 6.45) is 1.13. The maximum absolute atomic E-state index is 9.67. The molecule has 3 N–H and O–H groups in total. The lowest BCUT2D eigenvalue weighted by atomic mass is 10.1. The smallest absolute Gasteiger partial charge is 0.119 e. The van der Waals surface area contributed by atoms with Crippen LogP contribution in [0.3, 0.4) is 0 Å². The molecule has 0 aliphatic heterocycles. The molecular weight excluding hydrogens is 190 g/mol. The van der Waals surface area contributed by atoms with Gasteiger partial charge in [0.05, 0.1) is 12.7 Å². The van der Waals surface area contributed by atoms with E-state index in [0.29, 0.717) is 13.0 Å². The lowest BCUT2D eigenvalue weighted by molar-refractivity contribution is 0.170. The van der Waals surface area contributed by atoms with Crippen LogP contribution in [0.25, 0.3) is 0 Å². The Labute approximate surface area is 90.9 Å². The molecule has 0 aliphatic rings. The largest absolute Gasteiger partial charge is 0.494 e. The van der Waals surface area contributed by atoms with Crippen molar-refractivity contribution in [2.24, 2.45) is 5.73 Å². The molecule has 0 aromatic heterocycles. The Hall–Kier alpha value is -1.06. The maximum atomic E-state index is 9.67. The first kappa shape index (κ1) is 12.0. The summed E-state index contributed by atoms with van der Waals surface area (Å²) in [6, 6.07) is 7.52. The number of hydrogen-bond acceptors (Lipinski definition) is 3. The topological polar surface area (TPSA) is 55.5 Å². The summed E-state index contributed by atoms with van der Waals surface area (Å²) in [5, 5.41) is 9.67. The van der Waals surface area contributed by atoms with Crippen molar-refractivity contribution in [1.29, 1.82) is 0 Å². The molecule has 15 heavy (non-hydrogen) atoms. The van der Waals surface area contributed by atoms with Gasteiger partial charge in [0.2, 0.25) is 0 Å². The predicted molar refractivity (Wildman–Crippen MR) is 60.9 cm³/mol. The van der Waals surface area contributed by atoms with Gasteiger partial charge < -0.3 is 15.6 Å². The van der Waals surface area contributed by atoms with Crippen LogP contribution in [0.15, 0.2) is 24.3 Å². The van der Waals surface area contributed by atoms with E-state index in [0.717, 1.165) is 24.3 Å². The molecule has 0 fully saturated rings. The number of nitrogens with two attached hydrogens (primary N) is 1. The fourth-order valence-electron chi connectivity index (χ4n) is 1.33. The highest BCUT2D eigenvalue weighted by atomic mass is 16.5. The zero-order valence-corrected chi connectivity index (χ0v) is 9.15. The number of hydrogen-bond donors (Lipinski definition) is 2. The summed E-state index contributed by atoms with van der Waals surface area (Å²) >= 11 is 0. The van der Waals surface area contributed by atoms with Crippen LogP contribution in [-0.4, -0.2) is 18.3 Å². The first-order valence-electron chi connectivity index (χ1n) is 5.38. The summed E-state index contributed by atoms with van der Waals surface area (Å²) in [5.41, 5.74) is 6.27. The van der Waals surface area contributed by atoms with Crippen LogP contribution >= 0.6 is 0 Å². The van der Waals surface area contributed by atoms with Crippen LogP contribution in [0.4, 0.5) is 0 Å². The highest BCUT2D eigenvalue weighted by Gasteiger charge is 2.05. The molecule has 3 nitrogen and oxygen atoms in total. The molecule has 3 heteroatoms. The SMILES string of the molecule is CCCOc1ccc([C@H](O)CCN)cc1. The molecule has 0 spiro atoms. The number of rotatable bonds is 6. The van der Waals surface area contributed by atoms with E-state index in [1.807, 2.05) is 24.3 Å². The molecule has 0 unspecified atom stereocenters. The van der Waals surface area contributed by atoms with Gasteiger partial charge >= 0.3 is 0 Å². The molecule has 0 saturated heterocycles. The summed E-state index contributed by atoms with van der Waals surface area (Å²) in [4.78, 5) is 0. The number of ether oxygens (including phenoxy) is 1. The molecule has 0 aliphatic carbocycles. The minimum Gasteiger partial charge on any atom is -0.494 e. The van der Waals surface area contributed by atoms with Gasteiger partial charge in [-0.05, 0) is 37.1 Å². The van der Waals surface area contributed by atoms with E-state index in [-0.39, 0.29) is 0 Å². The maximum Gasteiger partial charge on any atom is 0.119 e. The van der Waals surface area contributed by atoms with Gasteiger partial charge in [-0.1, -0.05) is 19.1 Å². The first-order valence-corrected chi connectivity index (χ1v) is 5.38. The van der Waals surface area contributed by atoms with Gasteiger partial charge in [-0.15, -0.1) is 0 Å². The molecule has 1 aromatic rings. The number of benzene rings is 1. The van der Waals surface area contributed by atoms with Crippen LogP contribution in [0.2, 0.25) is 0 Å². The van der Waals surface area contributed by atoms with Gasteiger partial charge in [-0.2, -0.15) is 0 Å². The predicted octanol–water partition coefficient (Wildman–Crippen LogP) is 1.86. The van der Waals surface area contributed by atoms with Crippen molar-refractivity contribution in [3.05, 3.63) is 29.8 Å². The van der Waals surface area contributed by atoms with Crippen LogP contribution in [-0.2, 0) is 0 Å². The monoisotopic (exact) mass is 209 g/mol. The van der Waals surface area contributed by atoms with E-state index in [9.17, 15) is 5.11 Å². The summed E-state index contributed by atoms with van der Waals surface area (Å²) < 4.78 is 5.44. The summed E-state index contributed by atoms with van der Waals surface area (Å²) in [7, 11) is 0. The lowest BCUT2D eigenvalue weighted by Crippen LogP contribution is -2.06. The molecule has 0 heterocycles. The molecule has 0 radical (unpaired) electrons. The van der Waals surface area contributed by atoms with Crippen molar-refractivity contribution >= 4 is 0 Å². The Morgan fingerprint density at radius 2 is 2.00 bits per heavy atom. The van der Waals surface area contributed by atoms with E-state index in [1.165, 1.54) is 0 Å². The molecule has 1 atom stereocenters. The van der Waals surface area contributed by atoms with Crippen molar-refractivity contribution in [2.45, 2.75) is 25.9 Å². The number of aliphatic hydroxyl groups is 1. The van der Waals surface area contributed by atoms with E-state index >= 15 is 0 Å². The highest BCUT2D eigenvalue weighted by Crippen LogP contribution is 2.19. The Morgan fingerprint density at radius 3 is 2.53 bits per heavy atom. The molecule has 0 saturated carbocycles. The second-order valence-electron chi connectivity index (χ2n) is 3.51. The van der Waals surface area contributed by atoms with Crippen LogP contribution in [0.1, 0.15) is 31.4 Å². The van der Waals surface area contributed by atoms with Crippen LogP contribution < -0.4 is 10.5 Å². The summed E-state index contributed by atoms with van der Waals surface area (Å²) in [5.74, 6) is 0.848. The van der Waals surface area contributed by atoms with E-state index < -0.39 is 6.10 Å². The highest BCUT2D eigenvalue weighted by molar-refractivity contribution is 5.28. The van der Waals surface area contributed by atoms with Crippen molar-refractivity contribution in [3.63, 3.8) is 0 Å². The molecule has 0 amide bonds. The van der Waals surface area contributed by atoms with Gasteiger partial charge in [-0.25, -0.2) is 0 Å².